The smallest absolute Gasteiger partial charge is 0.354 e. The summed E-state index contributed by atoms with van der Waals surface area (Å²) in [6.07, 6.45) is -2.90. The Balaban J connectivity index is 1.62. The van der Waals surface area contributed by atoms with Gasteiger partial charge in [-0.05, 0) is 30.7 Å². The van der Waals surface area contributed by atoms with Crippen LogP contribution in [0.2, 0.25) is 5.02 Å². The standard InChI is InChI=1S/C17H15ClF3N3O/c18-14-4-2-1-3-13(14)16(25)23-12-7-8-24(10-12)15-6-5-11(9-22-15)17(19,20)21/h1-6,9,12H,7-8,10H2,(H,23,25). The lowest BCUT2D eigenvalue weighted by Gasteiger charge is -2.18. The number of aromatic nitrogens is 1. The van der Waals surface area contributed by atoms with Gasteiger partial charge in [-0.2, -0.15) is 13.2 Å². The Hall–Kier alpha value is -2.28. The predicted molar refractivity (Wildman–Crippen MR) is 88.8 cm³/mol. The van der Waals surface area contributed by atoms with E-state index in [1.165, 1.54) is 6.07 Å². The number of nitrogens with zero attached hydrogens (tertiary/aromatic N) is 2. The van der Waals surface area contributed by atoms with E-state index in [1.807, 2.05) is 4.90 Å². The Morgan fingerprint density at radius 3 is 2.64 bits per heavy atom. The van der Waals surface area contributed by atoms with Crippen LogP contribution in [0.1, 0.15) is 22.3 Å². The van der Waals surface area contributed by atoms with Crippen molar-refractivity contribution in [1.29, 1.82) is 0 Å². The summed E-state index contributed by atoms with van der Waals surface area (Å²) >= 11 is 6.01. The summed E-state index contributed by atoms with van der Waals surface area (Å²) in [6, 6.07) is 9.00. The van der Waals surface area contributed by atoms with Crippen LogP contribution in [0.25, 0.3) is 0 Å². The molecule has 1 aliphatic rings. The van der Waals surface area contributed by atoms with Crippen LogP contribution in [-0.4, -0.2) is 30.0 Å². The molecule has 132 valence electrons. The monoisotopic (exact) mass is 369 g/mol. The van der Waals surface area contributed by atoms with Crippen LogP contribution in [0.4, 0.5) is 19.0 Å². The first-order valence-corrected chi connectivity index (χ1v) is 8.06. The Kier molecular flexibility index (Phi) is 4.85. The van der Waals surface area contributed by atoms with Crippen LogP contribution in [0, 0.1) is 0 Å². The van der Waals surface area contributed by atoms with Gasteiger partial charge in [0.2, 0.25) is 0 Å². The minimum absolute atomic E-state index is 0.118. The number of hydrogen-bond acceptors (Lipinski definition) is 3. The Morgan fingerprint density at radius 1 is 1.24 bits per heavy atom. The van der Waals surface area contributed by atoms with Gasteiger partial charge in [0.15, 0.2) is 0 Å². The Morgan fingerprint density at radius 2 is 2.00 bits per heavy atom. The summed E-state index contributed by atoms with van der Waals surface area (Å²) in [6.45, 7) is 1.08. The van der Waals surface area contributed by atoms with Crippen molar-refractivity contribution in [2.24, 2.45) is 0 Å². The van der Waals surface area contributed by atoms with Crippen molar-refractivity contribution in [3.8, 4) is 0 Å². The maximum atomic E-state index is 12.6. The molecule has 1 fully saturated rings. The van der Waals surface area contributed by atoms with Crippen molar-refractivity contribution in [2.45, 2.75) is 18.6 Å². The van der Waals surface area contributed by atoms with E-state index in [0.29, 0.717) is 35.9 Å². The van der Waals surface area contributed by atoms with Gasteiger partial charge in [-0.1, -0.05) is 23.7 Å². The van der Waals surface area contributed by atoms with E-state index in [0.717, 1.165) is 12.3 Å². The Bertz CT molecular complexity index is 764. The molecular formula is C17H15ClF3N3O. The minimum atomic E-state index is -4.40. The molecule has 4 nitrogen and oxygen atoms in total. The second-order valence-electron chi connectivity index (χ2n) is 5.79. The molecule has 0 saturated carbocycles. The Labute approximate surface area is 147 Å². The molecular weight excluding hydrogens is 355 g/mol. The van der Waals surface area contributed by atoms with Gasteiger partial charge in [0.1, 0.15) is 5.82 Å². The van der Waals surface area contributed by atoms with E-state index in [2.05, 4.69) is 10.3 Å². The molecule has 0 spiro atoms. The van der Waals surface area contributed by atoms with Gasteiger partial charge in [-0.15, -0.1) is 0 Å². The molecule has 2 heterocycles. The highest BCUT2D eigenvalue weighted by atomic mass is 35.5. The zero-order chi connectivity index (χ0) is 18.0. The van der Waals surface area contributed by atoms with Gasteiger partial charge in [0.25, 0.3) is 5.91 Å². The van der Waals surface area contributed by atoms with E-state index in [1.54, 1.807) is 24.3 Å². The number of carbonyl (C=O) groups is 1. The van der Waals surface area contributed by atoms with Gasteiger partial charge in [-0.25, -0.2) is 4.98 Å². The number of halogens is 4. The maximum Gasteiger partial charge on any atom is 0.417 e. The molecule has 0 bridgehead atoms. The minimum Gasteiger partial charge on any atom is -0.354 e. The summed E-state index contributed by atoms with van der Waals surface area (Å²) in [4.78, 5) is 18.0. The lowest BCUT2D eigenvalue weighted by Crippen LogP contribution is -2.37. The first-order valence-electron chi connectivity index (χ1n) is 7.68. The first kappa shape index (κ1) is 17.5. The number of amides is 1. The summed E-state index contributed by atoms with van der Waals surface area (Å²) in [7, 11) is 0. The van der Waals surface area contributed by atoms with Crippen LogP contribution < -0.4 is 10.2 Å². The van der Waals surface area contributed by atoms with E-state index in [9.17, 15) is 18.0 Å². The molecule has 0 aliphatic carbocycles. The lowest BCUT2D eigenvalue weighted by atomic mass is 10.2. The lowest BCUT2D eigenvalue weighted by molar-refractivity contribution is -0.137. The highest BCUT2D eigenvalue weighted by molar-refractivity contribution is 6.33. The van der Waals surface area contributed by atoms with Crippen molar-refractivity contribution >= 4 is 23.3 Å². The summed E-state index contributed by atoms with van der Waals surface area (Å²) in [5.41, 5.74) is -0.380. The molecule has 0 radical (unpaired) electrons. The zero-order valence-corrected chi connectivity index (χ0v) is 13.8. The van der Waals surface area contributed by atoms with Crippen LogP contribution in [0.5, 0.6) is 0 Å². The number of alkyl halides is 3. The summed E-state index contributed by atoms with van der Waals surface area (Å²) < 4.78 is 37.8. The highest BCUT2D eigenvalue weighted by Gasteiger charge is 2.31. The number of rotatable bonds is 3. The number of pyridine rings is 1. The van der Waals surface area contributed by atoms with Crippen LogP contribution >= 0.6 is 11.6 Å². The van der Waals surface area contributed by atoms with E-state index in [4.69, 9.17) is 11.6 Å². The molecule has 1 amide bonds. The first-order chi connectivity index (χ1) is 11.8. The van der Waals surface area contributed by atoms with Crippen LogP contribution in [-0.2, 0) is 6.18 Å². The van der Waals surface area contributed by atoms with Crippen molar-refractivity contribution in [1.82, 2.24) is 10.3 Å². The molecule has 1 atom stereocenters. The normalized spacial score (nSPS) is 17.6. The molecule has 1 aliphatic heterocycles. The average Bonchev–Trinajstić information content (AvgIpc) is 3.03. The zero-order valence-electron chi connectivity index (χ0n) is 13.1. The molecule has 2 aromatic rings. The van der Waals surface area contributed by atoms with E-state index >= 15 is 0 Å². The number of anilines is 1. The molecule has 1 unspecified atom stereocenters. The van der Waals surface area contributed by atoms with Gasteiger partial charge in [0, 0.05) is 25.3 Å². The van der Waals surface area contributed by atoms with Crippen molar-refractivity contribution in [2.75, 3.05) is 18.0 Å². The van der Waals surface area contributed by atoms with Gasteiger partial charge in [-0.3, -0.25) is 4.79 Å². The van der Waals surface area contributed by atoms with E-state index in [-0.39, 0.29) is 11.9 Å². The number of carbonyl (C=O) groups excluding carboxylic acids is 1. The quantitative estimate of drug-likeness (QED) is 0.896. The summed E-state index contributed by atoms with van der Waals surface area (Å²) in [5, 5.41) is 3.27. The highest BCUT2D eigenvalue weighted by Crippen LogP contribution is 2.30. The SMILES string of the molecule is O=C(NC1CCN(c2ccc(C(F)(F)F)cn2)C1)c1ccccc1Cl. The topological polar surface area (TPSA) is 45.2 Å². The molecule has 8 heteroatoms. The fourth-order valence-corrected chi connectivity index (χ4v) is 2.96. The molecule has 1 saturated heterocycles. The fourth-order valence-electron chi connectivity index (χ4n) is 2.74. The van der Waals surface area contributed by atoms with Crippen molar-refractivity contribution in [3.63, 3.8) is 0 Å². The predicted octanol–water partition coefficient (Wildman–Crippen LogP) is 3.76. The molecule has 25 heavy (non-hydrogen) atoms. The third-order valence-electron chi connectivity index (χ3n) is 4.04. The van der Waals surface area contributed by atoms with Crippen molar-refractivity contribution < 1.29 is 18.0 Å². The maximum absolute atomic E-state index is 12.6. The molecule has 1 N–H and O–H groups in total. The second kappa shape index (κ2) is 6.92. The summed E-state index contributed by atoms with van der Waals surface area (Å²) in [5.74, 6) is 0.195. The van der Waals surface area contributed by atoms with Crippen LogP contribution in [0.3, 0.4) is 0 Å². The van der Waals surface area contributed by atoms with Crippen LogP contribution in [0.15, 0.2) is 42.6 Å². The van der Waals surface area contributed by atoms with Crippen molar-refractivity contribution in [3.05, 3.63) is 58.7 Å². The third-order valence-corrected chi connectivity index (χ3v) is 4.37. The number of nitrogens with one attached hydrogen (secondary N) is 1. The fraction of sp³-hybridized carbons (Fsp3) is 0.294. The van der Waals surface area contributed by atoms with Gasteiger partial charge in [0.05, 0.1) is 16.1 Å². The number of hydrogen-bond donors (Lipinski definition) is 1. The molecule has 1 aromatic carbocycles. The number of benzene rings is 1. The largest absolute Gasteiger partial charge is 0.417 e. The van der Waals surface area contributed by atoms with Gasteiger partial charge >= 0.3 is 6.18 Å². The second-order valence-corrected chi connectivity index (χ2v) is 6.19. The van der Waals surface area contributed by atoms with E-state index < -0.39 is 11.7 Å². The van der Waals surface area contributed by atoms with Gasteiger partial charge < -0.3 is 10.2 Å². The molecule has 1 aromatic heterocycles. The molecule has 3 rings (SSSR count). The average molecular weight is 370 g/mol. The third kappa shape index (κ3) is 4.04.